The second-order valence-electron chi connectivity index (χ2n) is 5.94. The molecule has 0 radical (unpaired) electrons. The number of hydrogen-bond acceptors (Lipinski definition) is 2. The van der Waals surface area contributed by atoms with E-state index in [9.17, 15) is 23.1 Å². The van der Waals surface area contributed by atoms with Crippen molar-refractivity contribution in [1.82, 2.24) is 0 Å². The molecule has 1 aromatic carbocycles. The highest BCUT2D eigenvalue weighted by molar-refractivity contribution is 6.31. The van der Waals surface area contributed by atoms with Gasteiger partial charge in [0.05, 0.1) is 11.1 Å². The zero-order valence-corrected chi connectivity index (χ0v) is 14.5. The van der Waals surface area contributed by atoms with E-state index in [4.69, 9.17) is 16.3 Å². The summed E-state index contributed by atoms with van der Waals surface area (Å²) in [4.78, 5) is 11.5. The van der Waals surface area contributed by atoms with Gasteiger partial charge in [0.25, 0.3) is 0 Å². The van der Waals surface area contributed by atoms with Crippen LogP contribution in [0.25, 0.3) is 6.08 Å². The monoisotopic (exact) mass is 372 g/mol. The van der Waals surface area contributed by atoms with Crippen LogP contribution in [0.5, 0.6) is 5.75 Å². The minimum atomic E-state index is -4.91. The number of carboxylic acids is 1. The number of rotatable bonds is 2. The number of hydrogen-bond donors (Lipinski definition) is 1. The summed E-state index contributed by atoms with van der Waals surface area (Å²) >= 11 is 6.00. The molecule has 0 aliphatic carbocycles. The van der Waals surface area contributed by atoms with Crippen LogP contribution >= 0.6 is 11.6 Å². The molecule has 7 heteroatoms. The standard InChI is InChI=1S/C18H16ClF3O3/c1-4-17(18(20,21)22)14(16(23)24)9-12-8-13(19)7-11(15(12)25-17)6-5-10(2)3/h7-10H,4H2,1-3H3,(H,23,24). The van der Waals surface area contributed by atoms with E-state index in [0.717, 1.165) is 6.08 Å². The highest BCUT2D eigenvalue weighted by Gasteiger charge is 2.62. The van der Waals surface area contributed by atoms with Gasteiger partial charge in [-0.3, -0.25) is 0 Å². The van der Waals surface area contributed by atoms with E-state index in [1.54, 1.807) is 0 Å². The largest absolute Gasteiger partial charge is 0.478 e. The number of benzene rings is 1. The van der Waals surface area contributed by atoms with Crippen molar-refractivity contribution in [1.29, 1.82) is 0 Å². The Morgan fingerprint density at radius 2 is 2.04 bits per heavy atom. The Hall–Kier alpha value is -2.13. The number of ether oxygens (including phenoxy) is 1. The van der Waals surface area contributed by atoms with Crippen LogP contribution in [-0.2, 0) is 4.79 Å². The topological polar surface area (TPSA) is 46.5 Å². The first-order valence-electron chi connectivity index (χ1n) is 7.58. The highest BCUT2D eigenvalue weighted by Crippen LogP contribution is 2.48. The van der Waals surface area contributed by atoms with Gasteiger partial charge in [-0.25, -0.2) is 4.79 Å². The number of aliphatic carboxylic acids is 1. The summed E-state index contributed by atoms with van der Waals surface area (Å²) in [6, 6.07) is 2.77. The molecule has 1 heterocycles. The van der Waals surface area contributed by atoms with Crippen LogP contribution in [0.1, 0.15) is 38.3 Å². The molecule has 134 valence electrons. The third-order valence-corrected chi connectivity index (χ3v) is 3.99. The van der Waals surface area contributed by atoms with Gasteiger partial charge in [-0.15, -0.1) is 0 Å². The summed E-state index contributed by atoms with van der Waals surface area (Å²) in [7, 11) is 0. The van der Waals surface area contributed by atoms with Crippen LogP contribution in [0.4, 0.5) is 13.2 Å². The van der Waals surface area contributed by atoms with E-state index in [0.29, 0.717) is 0 Å². The Balaban J connectivity index is 2.78. The molecule has 1 N–H and O–H groups in total. The lowest BCUT2D eigenvalue weighted by Gasteiger charge is -2.39. The summed E-state index contributed by atoms with van der Waals surface area (Å²) in [5, 5.41) is 9.53. The van der Waals surface area contributed by atoms with Crippen molar-refractivity contribution in [3.63, 3.8) is 0 Å². The summed E-state index contributed by atoms with van der Waals surface area (Å²) < 4.78 is 46.5. The molecular weight excluding hydrogens is 357 g/mol. The maximum absolute atomic E-state index is 13.7. The van der Waals surface area contributed by atoms with Gasteiger partial charge in [0.1, 0.15) is 5.75 Å². The second-order valence-corrected chi connectivity index (χ2v) is 6.38. The van der Waals surface area contributed by atoms with Gasteiger partial charge in [-0.05, 0) is 24.6 Å². The number of halogens is 4. The molecule has 1 atom stereocenters. The SMILES string of the molecule is CCC1(C(F)(F)F)Oc2c(C#CC(C)C)cc(Cl)cc2C=C1C(=O)O. The molecule has 1 unspecified atom stereocenters. The van der Waals surface area contributed by atoms with Crippen LogP contribution < -0.4 is 4.74 Å². The predicted molar refractivity (Wildman–Crippen MR) is 88.5 cm³/mol. The molecule has 1 aromatic rings. The normalized spacial score (nSPS) is 19.4. The summed E-state index contributed by atoms with van der Waals surface area (Å²) in [5.41, 5.74) is -3.46. The fourth-order valence-corrected chi connectivity index (χ4v) is 2.79. The van der Waals surface area contributed by atoms with Crippen molar-refractivity contribution in [3.05, 3.63) is 33.9 Å². The summed E-state index contributed by atoms with van der Waals surface area (Å²) in [6.07, 6.45) is -4.54. The molecule has 1 aliphatic heterocycles. The fraction of sp³-hybridized carbons (Fsp3) is 0.389. The zero-order valence-electron chi connectivity index (χ0n) is 13.8. The van der Waals surface area contributed by atoms with Crippen molar-refractivity contribution in [2.45, 2.75) is 39.0 Å². The Bertz CT molecular complexity index is 800. The van der Waals surface area contributed by atoms with Crippen molar-refractivity contribution < 1.29 is 27.8 Å². The van der Waals surface area contributed by atoms with Gasteiger partial charge >= 0.3 is 12.1 Å². The molecule has 25 heavy (non-hydrogen) atoms. The summed E-state index contributed by atoms with van der Waals surface area (Å²) in [6.45, 7) is 4.89. The molecular formula is C18H16ClF3O3. The highest BCUT2D eigenvalue weighted by atomic mass is 35.5. The maximum Gasteiger partial charge on any atom is 0.432 e. The van der Waals surface area contributed by atoms with Gasteiger partial charge in [-0.2, -0.15) is 13.2 Å². The van der Waals surface area contributed by atoms with E-state index in [-0.39, 0.29) is 27.8 Å². The van der Waals surface area contributed by atoms with Crippen molar-refractivity contribution in [2.75, 3.05) is 0 Å². The van der Waals surface area contributed by atoms with E-state index in [2.05, 4.69) is 11.8 Å². The average molecular weight is 373 g/mol. The molecule has 0 amide bonds. The van der Waals surface area contributed by atoms with Crippen LogP contribution in [0.3, 0.4) is 0 Å². The zero-order chi connectivity index (χ0) is 19.0. The van der Waals surface area contributed by atoms with Crippen LogP contribution in [0.2, 0.25) is 5.02 Å². The Kier molecular flexibility index (Phi) is 5.10. The molecule has 0 bridgehead atoms. The molecule has 0 spiro atoms. The van der Waals surface area contributed by atoms with Gasteiger partial charge in [0, 0.05) is 16.5 Å². The van der Waals surface area contributed by atoms with E-state index >= 15 is 0 Å². The Morgan fingerprint density at radius 1 is 1.40 bits per heavy atom. The number of fused-ring (bicyclic) bond motifs is 1. The van der Waals surface area contributed by atoms with Crippen LogP contribution in [-0.4, -0.2) is 22.9 Å². The first kappa shape index (κ1) is 19.2. The summed E-state index contributed by atoms with van der Waals surface area (Å²) in [5.74, 6) is 3.80. The van der Waals surface area contributed by atoms with E-state index in [1.807, 2.05) is 13.8 Å². The third-order valence-electron chi connectivity index (χ3n) is 3.78. The van der Waals surface area contributed by atoms with Crippen LogP contribution in [0, 0.1) is 17.8 Å². The van der Waals surface area contributed by atoms with E-state index in [1.165, 1.54) is 19.1 Å². The molecule has 0 saturated carbocycles. The quantitative estimate of drug-likeness (QED) is 0.749. The van der Waals surface area contributed by atoms with Gasteiger partial charge in [0.2, 0.25) is 5.60 Å². The lowest BCUT2D eigenvalue weighted by atomic mass is 9.85. The fourth-order valence-electron chi connectivity index (χ4n) is 2.56. The Morgan fingerprint density at radius 3 is 2.52 bits per heavy atom. The predicted octanol–water partition coefficient (Wildman–Crippen LogP) is 4.92. The van der Waals surface area contributed by atoms with Gasteiger partial charge < -0.3 is 9.84 Å². The van der Waals surface area contributed by atoms with Crippen molar-refractivity contribution in [2.24, 2.45) is 5.92 Å². The minimum Gasteiger partial charge on any atom is -0.478 e. The van der Waals surface area contributed by atoms with Crippen molar-refractivity contribution >= 4 is 23.6 Å². The van der Waals surface area contributed by atoms with Crippen LogP contribution in [0.15, 0.2) is 17.7 Å². The molecule has 3 nitrogen and oxygen atoms in total. The molecule has 2 rings (SSSR count). The van der Waals surface area contributed by atoms with Gasteiger partial charge in [-0.1, -0.05) is 44.2 Å². The second kappa shape index (κ2) is 6.64. The Labute approximate surface area is 148 Å². The average Bonchev–Trinajstić information content (AvgIpc) is 2.49. The lowest BCUT2D eigenvalue weighted by Crippen LogP contribution is -2.54. The number of carbonyl (C=O) groups is 1. The molecule has 0 saturated heterocycles. The number of alkyl halides is 3. The number of carboxylic acid groups (broad SMARTS) is 1. The first-order chi connectivity index (χ1) is 11.5. The molecule has 1 aliphatic rings. The van der Waals surface area contributed by atoms with Crippen molar-refractivity contribution in [3.8, 4) is 17.6 Å². The van der Waals surface area contributed by atoms with Gasteiger partial charge in [0.15, 0.2) is 0 Å². The lowest BCUT2D eigenvalue weighted by molar-refractivity contribution is -0.236. The third kappa shape index (κ3) is 3.47. The first-order valence-corrected chi connectivity index (χ1v) is 7.96. The smallest absolute Gasteiger partial charge is 0.432 e. The van der Waals surface area contributed by atoms with E-state index < -0.39 is 29.7 Å². The minimum absolute atomic E-state index is 0.0121. The molecule has 0 aromatic heterocycles. The molecule has 0 fully saturated rings. The maximum atomic E-state index is 13.7.